The van der Waals surface area contributed by atoms with Crippen molar-refractivity contribution in [3.05, 3.63) is 0 Å². The maximum Gasteiger partial charge on any atom is 0.308 e. The first-order chi connectivity index (χ1) is 5.92. The smallest absolute Gasteiger partial charge is 0.308 e. The Kier molecular flexibility index (Phi) is 2.96. The second kappa shape index (κ2) is 3.66. The van der Waals surface area contributed by atoms with Crippen LogP contribution >= 0.6 is 0 Å². The quantitative estimate of drug-likeness (QED) is 0.718. The van der Waals surface area contributed by atoms with Crippen molar-refractivity contribution >= 4 is 5.97 Å². The Balaban J connectivity index is 2.56. The highest BCUT2D eigenvalue weighted by atomic mass is 16.5. The van der Waals surface area contributed by atoms with E-state index in [0.717, 1.165) is 19.3 Å². The summed E-state index contributed by atoms with van der Waals surface area (Å²) in [6.45, 7) is 5.76. The van der Waals surface area contributed by atoms with Gasteiger partial charge in [0.15, 0.2) is 0 Å². The lowest BCUT2D eigenvalue weighted by Crippen LogP contribution is -2.40. The van der Waals surface area contributed by atoms with E-state index in [2.05, 4.69) is 0 Å². The van der Waals surface area contributed by atoms with E-state index in [1.807, 2.05) is 13.8 Å². The van der Waals surface area contributed by atoms with E-state index in [4.69, 9.17) is 9.84 Å². The van der Waals surface area contributed by atoms with E-state index in [0.29, 0.717) is 0 Å². The number of aliphatic carboxylic acids is 1. The Hall–Kier alpha value is -0.570. The fourth-order valence-corrected chi connectivity index (χ4v) is 1.77. The first kappa shape index (κ1) is 10.5. The van der Waals surface area contributed by atoms with E-state index in [9.17, 15) is 4.79 Å². The van der Waals surface area contributed by atoms with Gasteiger partial charge in [0, 0.05) is 0 Å². The first-order valence-electron chi connectivity index (χ1n) is 4.83. The molecular formula is C10H18O3. The van der Waals surface area contributed by atoms with E-state index in [1.165, 1.54) is 0 Å². The Morgan fingerprint density at radius 1 is 1.62 bits per heavy atom. The molecule has 0 amide bonds. The normalized spacial score (nSPS) is 29.6. The zero-order valence-electron chi connectivity index (χ0n) is 8.54. The van der Waals surface area contributed by atoms with Crippen LogP contribution in [0.15, 0.2) is 0 Å². The van der Waals surface area contributed by atoms with Crippen LogP contribution in [0.3, 0.4) is 0 Å². The number of carbonyl (C=O) groups is 1. The van der Waals surface area contributed by atoms with Crippen LogP contribution in [0.25, 0.3) is 0 Å². The molecule has 0 saturated carbocycles. The van der Waals surface area contributed by atoms with Crippen LogP contribution < -0.4 is 0 Å². The molecule has 3 nitrogen and oxygen atoms in total. The van der Waals surface area contributed by atoms with Gasteiger partial charge < -0.3 is 9.84 Å². The van der Waals surface area contributed by atoms with Crippen molar-refractivity contribution in [2.24, 2.45) is 5.92 Å². The molecule has 76 valence electrons. The van der Waals surface area contributed by atoms with E-state index < -0.39 is 5.97 Å². The Morgan fingerprint density at radius 3 is 2.69 bits per heavy atom. The largest absolute Gasteiger partial charge is 0.481 e. The zero-order chi connectivity index (χ0) is 10.1. The van der Waals surface area contributed by atoms with Gasteiger partial charge in [0.25, 0.3) is 0 Å². The summed E-state index contributed by atoms with van der Waals surface area (Å²) >= 11 is 0. The molecule has 0 bridgehead atoms. The molecule has 1 rings (SSSR count). The van der Waals surface area contributed by atoms with Gasteiger partial charge in [-0.25, -0.2) is 0 Å². The minimum absolute atomic E-state index is 0.110. The second-order valence-electron chi connectivity index (χ2n) is 4.44. The van der Waals surface area contributed by atoms with E-state index in [-0.39, 0.29) is 17.6 Å². The molecule has 1 heterocycles. The van der Waals surface area contributed by atoms with Gasteiger partial charge >= 0.3 is 5.97 Å². The number of ether oxygens (including phenoxy) is 1. The lowest BCUT2D eigenvalue weighted by atomic mass is 9.90. The van der Waals surface area contributed by atoms with Gasteiger partial charge in [0.2, 0.25) is 0 Å². The molecule has 0 aliphatic carbocycles. The van der Waals surface area contributed by atoms with Crippen molar-refractivity contribution < 1.29 is 14.6 Å². The predicted molar refractivity (Wildman–Crippen MR) is 49.6 cm³/mol. The second-order valence-corrected chi connectivity index (χ2v) is 4.44. The maximum atomic E-state index is 10.7. The van der Waals surface area contributed by atoms with Crippen LogP contribution in [0, 0.1) is 5.92 Å². The lowest BCUT2D eigenvalue weighted by Gasteiger charge is -2.37. The summed E-state index contributed by atoms with van der Waals surface area (Å²) < 4.78 is 5.72. The third-order valence-corrected chi connectivity index (χ3v) is 2.69. The molecule has 2 unspecified atom stereocenters. The Labute approximate surface area is 79.1 Å². The van der Waals surface area contributed by atoms with Gasteiger partial charge in [-0.05, 0) is 40.0 Å². The van der Waals surface area contributed by atoms with Crippen molar-refractivity contribution in [2.45, 2.75) is 51.7 Å². The SMILES string of the molecule is CC(C(=O)O)C1CCCC(C)(C)O1. The molecular weight excluding hydrogens is 168 g/mol. The van der Waals surface area contributed by atoms with Gasteiger partial charge in [0.1, 0.15) is 0 Å². The summed E-state index contributed by atoms with van der Waals surface area (Å²) in [5, 5.41) is 8.82. The third kappa shape index (κ3) is 2.69. The van der Waals surface area contributed by atoms with Crippen LogP contribution in [0.1, 0.15) is 40.0 Å². The summed E-state index contributed by atoms with van der Waals surface area (Å²) in [4.78, 5) is 10.7. The van der Waals surface area contributed by atoms with Crippen molar-refractivity contribution in [1.82, 2.24) is 0 Å². The third-order valence-electron chi connectivity index (χ3n) is 2.69. The molecule has 13 heavy (non-hydrogen) atoms. The highest BCUT2D eigenvalue weighted by molar-refractivity contribution is 5.70. The Morgan fingerprint density at radius 2 is 2.23 bits per heavy atom. The molecule has 1 N–H and O–H groups in total. The lowest BCUT2D eigenvalue weighted by molar-refractivity contribution is -0.160. The van der Waals surface area contributed by atoms with E-state index in [1.54, 1.807) is 6.92 Å². The molecule has 1 aliphatic rings. The van der Waals surface area contributed by atoms with Crippen molar-refractivity contribution in [3.63, 3.8) is 0 Å². The van der Waals surface area contributed by atoms with Gasteiger partial charge in [-0.15, -0.1) is 0 Å². The molecule has 0 aromatic carbocycles. The van der Waals surface area contributed by atoms with Crippen LogP contribution in [0.4, 0.5) is 0 Å². The molecule has 0 aromatic rings. The highest BCUT2D eigenvalue weighted by Gasteiger charge is 2.34. The predicted octanol–water partition coefficient (Wildman–Crippen LogP) is 2.05. The van der Waals surface area contributed by atoms with Gasteiger partial charge in [0.05, 0.1) is 17.6 Å². The van der Waals surface area contributed by atoms with Crippen LogP contribution in [-0.4, -0.2) is 22.8 Å². The molecule has 1 fully saturated rings. The van der Waals surface area contributed by atoms with Crippen LogP contribution in [0.2, 0.25) is 0 Å². The molecule has 0 spiro atoms. The molecule has 1 aliphatic heterocycles. The minimum Gasteiger partial charge on any atom is -0.481 e. The van der Waals surface area contributed by atoms with E-state index >= 15 is 0 Å². The number of hydrogen-bond acceptors (Lipinski definition) is 2. The number of carboxylic acid groups (broad SMARTS) is 1. The number of carboxylic acids is 1. The molecule has 2 atom stereocenters. The maximum absolute atomic E-state index is 10.7. The van der Waals surface area contributed by atoms with Crippen molar-refractivity contribution in [3.8, 4) is 0 Å². The number of rotatable bonds is 2. The van der Waals surface area contributed by atoms with Crippen LogP contribution in [0.5, 0.6) is 0 Å². The summed E-state index contributed by atoms with van der Waals surface area (Å²) in [5.74, 6) is -1.15. The zero-order valence-corrected chi connectivity index (χ0v) is 8.54. The van der Waals surface area contributed by atoms with Gasteiger partial charge in [-0.3, -0.25) is 4.79 Å². The summed E-state index contributed by atoms with van der Waals surface area (Å²) in [6, 6.07) is 0. The fraction of sp³-hybridized carbons (Fsp3) is 0.900. The standard InChI is InChI=1S/C10H18O3/c1-7(9(11)12)8-5-4-6-10(2,3)13-8/h7-8H,4-6H2,1-3H3,(H,11,12). The van der Waals surface area contributed by atoms with Crippen molar-refractivity contribution in [1.29, 1.82) is 0 Å². The van der Waals surface area contributed by atoms with Gasteiger partial charge in [-0.1, -0.05) is 0 Å². The summed E-state index contributed by atoms with van der Waals surface area (Å²) in [6.07, 6.45) is 2.85. The Bertz CT molecular complexity index is 198. The summed E-state index contributed by atoms with van der Waals surface area (Å²) in [5.41, 5.74) is -0.146. The highest BCUT2D eigenvalue weighted by Crippen LogP contribution is 2.31. The van der Waals surface area contributed by atoms with Crippen LogP contribution in [-0.2, 0) is 9.53 Å². The number of hydrogen-bond donors (Lipinski definition) is 1. The molecule has 3 heteroatoms. The minimum atomic E-state index is -0.761. The molecule has 1 saturated heterocycles. The molecule has 0 radical (unpaired) electrons. The first-order valence-corrected chi connectivity index (χ1v) is 4.83. The monoisotopic (exact) mass is 186 g/mol. The van der Waals surface area contributed by atoms with Gasteiger partial charge in [-0.2, -0.15) is 0 Å². The molecule has 0 aromatic heterocycles. The topological polar surface area (TPSA) is 46.5 Å². The average molecular weight is 186 g/mol. The summed E-state index contributed by atoms with van der Waals surface area (Å²) in [7, 11) is 0. The fourth-order valence-electron chi connectivity index (χ4n) is 1.77. The van der Waals surface area contributed by atoms with Crippen molar-refractivity contribution in [2.75, 3.05) is 0 Å². The average Bonchev–Trinajstić information content (AvgIpc) is 2.01.